The monoisotopic (exact) mass is 440 g/mol. The molecule has 32 heavy (non-hydrogen) atoms. The van der Waals surface area contributed by atoms with Crippen LogP contribution in [0.5, 0.6) is 0 Å². The second-order valence-electron chi connectivity index (χ2n) is 7.89. The van der Waals surface area contributed by atoms with Crippen LogP contribution in [-0.4, -0.2) is 47.4 Å². The van der Waals surface area contributed by atoms with Crippen LogP contribution in [0.2, 0.25) is 0 Å². The van der Waals surface area contributed by atoms with E-state index in [0.717, 1.165) is 36.9 Å². The SMILES string of the molecule is CCCCNC(=O)OCC1=CN(C2CC(NC(=O)c3cc(-c4ccccc4)on3)C2)NN1. The molecule has 0 saturated heterocycles. The fourth-order valence-corrected chi connectivity index (χ4v) is 3.51. The number of hydrogen-bond acceptors (Lipinski definition) is 8. The molecule has 170 valence electrons. The molecule has 1 aromatic heterocycles. The predicted molar refractivity (Wildman–Crippen MR) is 117 cm³/mol. The number of nitrogens with zero attached hydrogens (tertiary/aromatic N) is 2. The zero-order valence-corrected chi connectivity index (χ0v) is 18.0. The maximum atomic E-state index is 12.5. The van der Waals surface area contributed by atoms with Crippen molar-refractivity contribution >= 4 is 12.0 Å². The summed E-state index contributed by atoms with van der Waals surface area (Å²) in [7, 11) is 0. The summed E-state index contributed by atoms with van der Waals surface area (Å²) in [6, 6.07) is 11.5. The minimum absolute atomic E-state index is 0.0595. The lowest BCUT2D eigenvalue weighted by Crippen LogP contribution is -2.56. The van der Waals surface area contributed by atoms with Gasteiger partial charge in [0.15, 0.2) is 11.5 Å². The van der Waals surface area contributed by atoms with E-state index in [1.807, 2.05) is 41.5 Å². The zero-order chi connectivity index (χ0) is 22.3. The van der Waals surface area contributed by atoms with E-state index in [4.69, 9.17) is 9.26 Å². The number of rotatable bonds is 9. The molecule has 0 radical (unpaired) electrons. The first-order valence-electron chi connectivity index (χ1n) is 10.9. The summed E-state index contributed by atoms with van der Waals surface area (Å²) < 4.78 is 10.5. The van der Waals surface area contributed by atoms with E-state index in [9.17, 15) is 9.59 Å². The molecular formula is C22H28N6O4. The van der Waals surface area contributed by atoms with Crippen molar-refractivity contribution in [3.63, 3.8) is 0 Å². The first-order chi connectivity index (χ1) is 15.6. The van der Waals surface area contributed by atoms with E-state index in [-0.39, 0.29) is 30.3 Å². The average molecular weight is 441 g/mol. The zero-order valence-electron chi connectivity index (χ0n) is 18.0. The van der Waals surface area contributed by atoms with E-state index in [1.165, 1.54) is 0 Å². The Morgan fingerprint density at radius 1 is 1.28 bits per heavy atom. The highest BCUT2D eigenvalue weighted by atomic mass is 16.5. The highest BCUT2D eigenvalue weighted by Crippen LogP contribution is 2.27. The Kier molecular flexibility index (Phi) is 6.90. The average Bonchev–Trinajstić information content (AvgIpc) is 3.45. The fraction of sp³-hybridized carbons (Fsp3) is 0.409. The van der Waals surface area contributed by atoms with Gasteiger partial charge in [0.05, 0.1) is 11.7 Å². The van der Waals surface area contributed by atoms with Gasteiger partial charge in [-0.2, -0.15) is 0 Å². The minimum atomic E-state index is -0.422. The van der Waals surface area contributed by atoms with Gasteiger partial charge in [-0.3, -0.25) is 9.80 Å². The summed E-state index contributed by atoms with van der Waals surface area (Å²) in [5.41, 5.74) is 7.96. The van der Waals surface area contributed by atoms with Gasteiger partial charge in [-0.05, 0) is 19.3 Å². The number of hydrazine groups is 2. The second kappa shape index (κ2) is 10.2. The molecule has 10 heteroatoms. The standard InChI is InChI=1S/C22H28N6O4/c1-2-3-9-23-22(30)31-14-17-13-28(27-25-17)18-10-16(11-18)24-21(29)19-12-20(32-26-19)15-7-5-4-6-8-15/h4-8,12-13,16,18,25,27H,2-3,9-11,14H2,1H3,(H,23,30)(H,24,29). The number of ether oxygens (including phenoxy) is 1. The van der Waals surface area contributed by atoms with Crippen molar-refractivity contribution in [2.24, 2.45) is 0 Å². The summed E-state index contributed by atoms with van der Waals surface area (Å²) in [6.45, 7) is 2.83. The van der Waals surface area contributed by atoms with Gasteiger partial charge >= 0.3 is 6.09 Å². The molecule has 2 amide bonds. The van der Waals surface area contributed by atoms with Crippen LogP contribution in [0.1, 0.15) is 43.1 Å². The Hall–Kier alpha value is -3.53. The number of nitrogens with one attached hydrogen (secondary N) is 4. The molecule has 1 fully saturated rings. The van der Waals surface area contributed by atoms with Gasteiger partial charge in [-0.25, -0.2) is 4.79 Å². The molecule has 10 nitrogen and oxygen atoms in total. The van der Waals surface area contributed by atoms with Crippen LogP contribution in [0.3, 0.4) is 0 Å². The number of carbonyl (C=O) groups is 2. The Morgan fingerprint density at radius 3 is 2.88 bits per heavy atom. The number of carbonyl (C=O) groups excluding carboxylic acids is 2. The third-order valence-corrected chi connectivity index (χ3v) is 5.44. The van der Waals surface area contributed by atoms with Gasteiger partial charge in [0, 0.05) is 30.4 Å². The predicted octanol–water partition coefficient (Wildman–Crippen LogP) is 2.29. The van der Waals surface area contributed by atoms with Crippen molar-refractivity contribution in [2.75, 3.05) is 13.2 Å². The largest absolute Gasteiger partial charge is 0.443 e. The summed E-state index contributed by atoms with van der Waals surface area (Å²) in [6.07, 6.45) is 4.97. The van der Waals surface area contributed by atoms with Gasteiger partial charge in [-0.1, -0.05) is 48.8 Å². The molecule has 4 rings (SSSR count). The van der Waals surface area contributed by atoms with Crippen LogP contribution in [0.25, 0.3) is 11.3 Å². The highest BCUT2D eigenvalue weighted by molar-refractivity contribution is 5.93. The summed E-state index contributed by atoms with van der Waals surface area (Å²) in [5, 5.41) is 11.5. The smallest absolute Gasteiger partial charge is 0.407 e. The molecule has 1 saturated carbocycles. The van der Waals surface area contributed by atoms with Crippen LogP contribution in [-0.2, 0) is 4.74 Å². The Labute approximate surface area is 186 Å². The second-order valence-corrected chi connectivity index (χ2v) is 7.89. The highest BCUT2D eigenvalue weighted by Gasteiger charge is 2.36. The number of hydrogen-bond donors (Lipinski definition) is 4. The van der Waals surface area contributed by atoms with Gasteiger partial charge < -0.3 is 25.3 Å². The minimum Gasteiger partial charge on any atom is -0.443 e. The van der Waals surface area contributed by atoms with Gasteiger partial charge in [-0.15, -0.1) is 5.53 Å². The molecule has 0 atom stereocenters. The molecule has 2 heterocycles. The first kappa shape index (κ1) is 21.7. The molecule has 4 N–H and O–H groups in total. The normalized spacial score (nSPS) is 19.5. The van der Waals surface area contributed by atoms with E-state index in [1.54, 1.807) is 6.07 Å². The molecule has 2 aliphatic rings. The molecule has 0 spiro atoms. The first-order valence-corrected chi connectivity index (χ1v) is 10.9. The lowest BCUT2D eigenvalue weighted by Gasteiger charge is -2.40. The lowest BCUT2D eigenvalue weighted by molar-refractivity contribution is 0.0755. The number of unbranched alkanes of at least 4 members (excludes halogenated alkanes) is 1. The molecule has 1 aromatic carbocycles. The van der Waals surface area contributed by atoms with Crippen LogP contribution in [0, 0.1) is 0 Å². The number of aromatic nitrogens is 1. The summed E-state index contributed by atoms with van der Waals surface area (Å²) in [4.78, 5) is 24.1. The van der Waals surface area contributed by atoms with E-state index in [0.29, 0.717) is 12.3 Å². The number of alkyl carbamates (subject to hydrolysis) is 1. The Morgan fingerprint density at radius 2 is 2.09 bits per heavy atom. The van der Waals surface area contributed by atoms with E-state index in [2.05, 4.69) is 33.7 Å². The van der Waals surface area contributed by atoms with Crippen molar-refractivity contribution in [2.45, 2.75) is 44.7 Å². The maximum absolute atomic E-state index is 12.5. The van der Waals surface area contributed by atoms with Crippen molar-refractivity contribution in [3.8, 4) is 11.3 Å². The van der Waals surface area contributed by atoms with Crippen molar-refractivity contribution < 1.29 is 18.8 Å². The Balaban J connectivity index is 1.18. The van der Waals surface area contributed by atoms with E-state index < -0.39 is 6.09 Å². The van der Waals surface area contributed by atoms with Crippen molar-refractivity contribution in [1.82, 2.24) is 31.8 Å². The van der Waals surface area contributed by atoms with Gasteiger partial charge in [0.1, 0.15) is 6.61 Å². The van der Waals surface area contributed by atoms with Crippen molar-refractivity contribution in [1.29, 1.82) is 0 Å². The van der Waals surface area contributed by atoms with Crippen LogP contribution in [0.15, 0.2) is 52.8 Å². The molecule has 2 aromatic rings. The van der Waals surface area contributed by atoms with E-state index >= 15 is 0 Å². The third-order valence-electron chi connectivity index (χ3n) is 5.44. The number of benzene rings is 1. The van der Waals surface area contributed by atoms with Crippen molar-refractivity contribution in [3.05, 3.63) is 54.0 Å². The molecule has 0 bridgehead atoms. The molecule has 1 aliphatic heterocycles. The van der Waals surface area contributed by atoms with Crippen LogP contribution >= 0.6 is 0 Å². The molecular weight excluding hydrogens is 412 g/mol. The quantitative estimate of drug-likeness (QED) is 0.439. The van der Waals surface area contributed by atoms with Gasteiger partial charge in [0.25, 0.3) is 5.91 Å². The maximum Gasteiger partial charge on any atom is 0.407 e. The number of amides is 2. The molecule has 1 aliphatic carbocycles. The van der Waals surface area contributed by atoms with Crippen LogP contribution in [0.4, 0.5) is 4.79 Å². The molecule has 0 unspecified atom stereocenters. The Bertz CT molecular complexity index is 954. The fourth-order valence-electron chi connectivity index (χ4n) is 3.51. The van der Waals surface area contributed by atoms with Crippen LogP contribution < -0.4 is 21.6 Å². The summed E-state index contributed by atoms with van der Waals surface area (Å²) in [5.74, 6) is 0.319. The lowest BCUT2D eigenvalue weighted by atomic mass is 9.86. The third kappa shape index (κ3) is 5.38. The van der Waals surface area contributed by atoms with Gasteiger partial charge in [0.2, 0.25) is 0 Å². The summed E-state index contributed by atoms with van der Waals surface area (Å²) >= 11 is 0. The topological polar surface area (TPSA) is 121 Å².